The van der Waals surface area contributed by atoms with E-state index in [1.807, 2.05) is 0 Å². The van der Waals surface area contributed by atoms with Crippen LogP contribution >= 0.6 is 0 Å². The molecule has 4 heteroatoms. The molecule has 0 aliphatic heterocycles. The van der Waals surface area contributed by atoms with E-state index in [1.54, 1.807) is 0 Å². The third kappa shape index (κ3) is 17.6. The average Bonchev–Trinajstić information content (AvgIpc) is 2.58. The molecule has 1 unspecified atom stereocenters. The number of carbonyl (C=O) groups excluding carboxylic acids is 1. The van der Waals surface area contributed by atoms with Crippen molar-refractivity contribution in [2.24, 2.45) is 0 Å². The van der Waals surface area contributed by atoms with Gasteiger partial charge in [-0.3, -0.25) is 9.59 Å². The lowest BCUT2D eigenvalue weighted by Gasteiger charge is -2.18. The minimum atomic E-state index is -0.801. The van der Waals surface area contributed by atoms with E-state index >= 15 is 0 Å². The van der Waals surface area contributed by atoms with Gasteiger partial charge in [-0.1, -0.05) is 65.2 Å². The average molecular weight is 357 g/mol. The molecule has 1 N–H and O–H groups in total. The second-order valence-corrected chi connectivity index (χ2v) is 7.12. The van der Waals surface area contributed by atoms with E-state index in [9.17, 15) is 9.59 Å². The van der Waals surface area contributed by atoms with Gasteiger partial charge in [0.1, 0.15) is 6.10 Å². The third-order valence-electron chi connectivity index (χ3n) is 4.58. The minimum absolute atomic E-state index is 0.0509. The monoisotopic (exact) mass is 356 g/mol. The quantitative estimate of drug-likeness (QED) is 0.232. The number of carbonyl (C=O) groups is 2. The maximum Gasteiger partial charge on any atom is 0.306 e. The standard InChI is InChI=1S/C21H40O4/c1-3-5-7-9-10-12-16-19(15-11-8-6-4-2)25-21(24)18-14-13-17-20(22)23/h19H,3-18H2,1-2H3,(H,22,23). The van der Waals surface area contributed by atoms with Crippen molar-refractivity contribution in [3.05, 3.63) is 0 Å². The molecule has 0 heterocycles. The molecule has 25 heavy (non-hydrogen) atoms. The normalized spacial score (nSPS) is 12.1. The Kier molecular flexibility index (Phi) is 17.0. The van der Waals surface area contributed by atoms with Crippen LogP contribution < -0.4 is 0 Å². The van der Waals surface area contributed by atoms with Crippen molar-refractivity contribution in [1.82, 2.24) is 0 Å². The molecular formula is C21H40O4. The van der Waals surface area contributed by atoms with Crippen LogP contribution in [-0.4, -0.2) is 23.1 Å². The van der Waals surface area contributed by atoms with Crippen molar-refractivity contribution in [1.29, 1.82) is 0 Å². The molecule has 0 saturated heterocycles. The Hall–Kier alpha value is -1.06. The summed E-state index contributed by atoms with van der Waals surface area (Å²) in [7, 11) is 0. The van der Waals surface area contributed by atoms with Crippen LogP contribution in [-0.2, 0) is 14.3 Å². The first kappa shape index (κ1) is 23.9. The summed E-state index contributed by atoms with van der Waals surface area (Å²) >= 11 is 0. The van der Waals surface area contributed by atoms with E-state index in [0.717, 1.165) is 25.7 Å². The number of hydrogen-bond acceptors (Lipinski definition) is 3. The first-order chi connectivity index (χ1) is 12.1. The Morgan fingerprint density at radius 2 is 1.20 bits per heavy atom. The number of unbranched alkanes of at least 4 members (excludes halogenated alkanes) is 9. The van der Waals surface area contributed by atoms with Crippen LogP contribution in [0.15, 0.2) is 0 Å². The minimum Gasteiger partial charge on any atom is -0.481 e. The topological polar surface area (TPSA) is 63.6 Å². The van der Waals surface area contributed by atoms with Crippen LogP contribution in [0.3, 0.4) is 0 Å². The van der Waals surface area contributed by atoms with Crippen LogP contribution in [0.1, 0.15) is 117 Å². The maximum atomic E-state index is 12.0. The van der Waals surface area contributed by atoms with Gasteiger partial charge in [0.05, 0.1) is 0 Å². The van der Waals surface area contributed by atoms with Gasteiger partial charge in [-0.15, -0.1) is 0 Å². The van der Waals surface area contributed by atoms with Crippen LogP contribution in [0.4, 0.5) is 0 Å². The van der Waals surface area contributed by atoms with Crippen molar-refractivity contribution in [3.8, 4) is 0 Å². The lowest BCUT2D eigenvalue weighted by molar-refractivity contribution is -0.150. The number of esters is 1. The van der Waals surface area contributed by atoms with E-state index in [4.69, 9.17) is 9.84 Å². The fourth-order valence-corrected chi connectivity index (χ4v) is 3.00. The highest BCUT2D eigenvalue weighted by Crippen LogP contribution is 2.17. The van der Waals surface area contributed by atoms with E-state index < -0.39 is 5.97 Å². The second-order valence-electron chi connectivity index (χ2n) is 7.12. The highest BCUT2D eigenvalue weighted by molar-refractivity contribution is 5.70. The molecule has 0 aromatic rings. The van der Waals surface area contributed by atoms with Gasteiger partial charge in [0.15, 0.2) is 0 Å². The van der Waals surface area contributed by atoms with Gasteiger partial charge in [0.25, 0.3) is 0 Å². The summed E-state index contributed by atoms with van der Waals surface area (Å²) in [5, 5.41) is 8.62. The first-order valence-electron chi connectivity index (χ1n) is 10.5. The number of carboxylic acids is 1. The molecule has 0 aliphatic rings. The molecule has 4 nitrogen and oxygen atoms in total. The van der Waals surface area contributed by atoms with Gasteiger partial charge >= 0.3 is 11.9 Å². The SMILES string of the molecule is CCCCCCCCC(CCCCCC)OC(=O)CCCCC(=O)O. The zero-order chi connectivity index (χ0) is 18.8. The Labute approximate surface area is 154 Å². The molecule has 0 aromatic carbocycles. The van der Waals surface area contributed by atoms with E-state index in [-0.39, 0.29) is 18.5 Å². The molecule has 0 saturated carbocycles. The summed E-state index contributed by atoms with van der Waals surface area (Å²) in [6.07, 6.45) is 15.9. The molecule has 0 amide bonds. The third-order valence-corrected chi connectivity index (χ3v) is 4.58. The molecule has 0 aliphatic carbocycles. The number of hydrogen-bond donors (Lipinski definition) is 1. The Morgan fingerprint density at radius 1 is 0.720 bits per heavy atom. The molecule has 0 spiro atoms. The maximum absolute atomic E-state index is 12.0. The van der Waals surface area contributed by atoms with E-state index in [0.29, 0.717) is 19.3 Å². The van der Waals surface area contributed by atoms with Crippen LogP contribution in [0.2, 0.25) is 0 Å². The van der Waals surface area contributed by atoms with Gasteiger partial charge in [-0.25, -0.2) is 0 Å². The molecule has 0 radical (unpaired) electrons. The van der Waals surface area contributed by atoms with Gasteiger partial charge in [-0.05, 0) is 38.5 Å². The summed E-state index contributed by atoms with van der Waals surface area (Å²) in [6, 6.07) is 0. The Balaban J connectivity index is 4.00. The summed E-state index contributed by atoms with van der Waals surface area (Å²) in [4.78, 5) is 22.5. The molecule has 0 aromatic heterocycles. The van der Waals surface area contributed by atoms with Crippen molar-refractivity contribution in [3.63, 3.8) is 0 Å². The van der Waals surface area contributed by atoms with Crippen molar-refractivity contribution in [2.75, 3.05) is 0 Å². The number of rotatable bonds is 18. The molecular weight excluding hydrogens is 316 g/mol. The summed E-state index contributed by atoms with van der Waals surface area (Å²) in [5.74, 6) is -0.956. The van der Waals surface area contributed by atoms with Gasteiger partial charge in [-0.2, -0.15) is 0 Å². The van der Waals surface area contributed by atoms with E-state index in [1.165, 1.54) is 51.4 Å². The second kappa shape index (κ2) is 17.8. The fraction of sp³-hybridized carbons (Fsp3) is 0.905. The van der Waals surface area contributed by atoms with Gasteiger partial charge in [0, 0.05) is 12.8 Å². The fourth-order valence-electron chi connectivity index (χ4n) is 3.00. The molecule has 1 atom stereocenters. The number of aliphatic carboxylic acids is 1. The van der Waals surface area contributed by atoms with Crippen LogP contribution in [0.25, 0.3) is 0 Å². The van der Waals surface area contributed by atoms with E-state index in [2.05, 4.69) is 13.8 Å². The smallest absolute Gasteiger partial charge is 0.306 e. The van der Waals surface area contributed by atoms with Crippen LogP contribution in [0, 0.1) is 0 Å². The van der Waals surface area contributed by atoms with Gasteiger partial charge < -0.3 is 9.84 Å². The van der Waals surface area contributed by atoms with Crippen molar-refractivity contribution < 1.29 is 19.4 Å². The molecule has 148 valence electrons. The molecule has 0 fully saturated rings. The van der Waals surface area contributed by atoms with Crippen molar-refractivity contribution >= 4 is 11.9 Å². The number of carboxylic acid groups (broad SMARTS) is 1. The Morgan fingerprint density at radius 3 is 1.76 bits per heavy atom. The van der Waals surface area contributed by atoms with Crippen LogP contribution in [0.5, 0.6) is 0 Å². The van der Waals surface area contributed by atoms with Crippen molar-refractivity contribution in [2.45, 2.75) is 123 Å². The summed E-state index contributed by atoms with van der Waals surface area (Å²) in [5.41, 5.74) is 0. The zero-order valence-corrected chi connectivity index (χ0v) is 16.6. The zero-order valence-electron chi connectivity index (χ0n) is 16.6. The number of ether oxygens (including phenoxy) is 1. The summed E-state index contributed by atoms with van der Waals surface area (Å²) < 4.78 is 5.68. The lowest BCUT2D eigenvalue weighted by Crippen LogP contribution is -2.18. The Bertz CT molecular complexity index is 328. The predicted molar refractivity (Wildman–Crippen MR) is 103 cm³/mol. The predicted octanol–water partition coefficient (Wildman–Crippen LogP) is 6.26. The molecule has 0 bridgehead atoms. The lowest BCUT2D eigenvalue weighted by atomic mass is 10.0. The largest absolute Gasteiger partial charge is 0.481 e. The molecule has 0 rings (SSSR count). The highest BCUT2D eigenvalue weighted by atomic mass is 16.5. The summed E-state index contributed by atoms with van der Waals surface area (Å²) in [6.45, 7) is 4.42. The van der Waals surface area contributed by atoms with Gasteiger partial charge in [0.2, 0.25) is 0 Å². The first-order valence-corrected chi connectivity index (χ1v) is 10.5. The highest BCUT2D eigenvalue weighted by Gasteiger charge is 2.14.